The van der Waals surface area contributed by atoms with Crippen molar-refractivity contribution in [1.29, 1.82) is 0 Å². The molecule has 0 radical (unpaired) electrons. The molecule has 0 unspecified atom stereocenters. The van der Waals surface area contributed by atoms with Crippen molar-refractivity contribution in [2.45, 2.75) is 13.5 Å². The molecule has 0 atom stereocenters. The number of hydrogen-bond acceptors (Lipinski definition) is 5. The number of carbonyl (C=O) groups excluding carboxylic acids is 1. The zero-order valence-electron chi connectivity index (χ0n) is 13.7. The maximum absolute atomic E-state index is 12.0. The van der Waals surface area contributed by atoms with Crippen LogP contribution < -0.4 is 19.5 Å². The van der Waals surface area contributed by atoms with Gasteiger partial charge >= 0.3 is 0 Å². The van der Waals surface area contributed by atoms with Crippen LogP contribution >= 0.6 is 0 Å². The molecule has 4 rings (SSSR count). The van der Waals surface area contributed by atoms with Crippen LogP contribution in [0.15, 0.2) is 42.7 Å². The highest BCUT2D eigenvalue weighted by molar-refractivity contribution is 5.77. The van der Waals surface area contributed by atoms with E-state index in [1.54, 1.807) is 6.07 Å². The van der Waals surface area contributed by atoms with Crippen molar-refractivity contribution in [2.24, 2.45) is 0 Å². The Kier molecular flexibility index (Phi) is 3.89. The van der Waals surface area contributed by atoms with Gasteiger partial charge in [-0.25, -0.2) is 4.98 Å². The number of rotatable bonds is 5. The summed E-state index contributed by atoms with van der Waals surface area (Å²) in [7, 11) is 0. The molecule has 7 heteroatoms. The summed E-state index contributed by atoms with van der Waals surface area (Å²) in [6.07, 6.45) is 3.80. The van der Waals surface area contributed by atoms with Crippen molar-refractivity contribution in [1.82, 2.24) is 14.7 Å². The predicted molar refractivity (Wildman–Crippen MR) is 89.8 cm³/mol. The molecule has 2 aromatic heterocycles. The van der Waals surface area contributed by atoms with E-state index >= 15 is 0 Å². The minimum Gasteiger partial charge on any atom is -0.480 e. The molecule has 0 aliphatic carbocycles. The van der Waals surface area contributed by atoms with Crippen LogP contribution in [0.5, 0.6) is 17.2 Å². The first-order chi connectivity index (χ1) is 12.2. The van der Waals surface area contributed by atoms with E-state index in [4.69, 9.17) is 14.2 Å². The smallest absolute Gasteiger partial charge is 0.258 e. The van der Waals surface area contributed by atoms with Crippen LogP contribution in [0.4, 0.5) is 0 Å². The van der Waals surface area contributed by atoms with Gasteiger partial charge in [0.1, 0.15) is 0 Å². The molecular formula is C18H17N3O4. The van der Waals surface area contributed by atoms with Gasteiger partial charge in [0.05, 0.1) is 5.69 Å². The highest BCUT2D eigenvalue weighted by Crippen LogP contribution is 2.32. The van der Waals surface area contributed by atoms with E-state index in [0.717, 1.165) is 17.0 Å². The van der Waals surface area contributed by atoms with Gasteiger partial charge in [-0.05, 0) is 36.8 Å². The number of aromatic nitrogens is 2. The van der Waals surface area contributed by atoms with Gasteiger partial charge in [0.2, 0.25) is 6.79 Å². The van der Waals surface area contributed by atoms with Crippen LogP contribution in [0.2, 0.25) is 0 Å². The van der Waals surface area contributed by atoms with E-state index in [-0.39, 0.29) is 19.3 Å². The lowest BCUT2D eigenvalue weighted by molar-refractivity contribution is -0.123. The molecule has 3 heterocycles. The monoisotopic (exact) mass is 339 g/mol. The summed E-state index contributed by atoms with van der Waals surface area (Å²) in [4.78, 5) is 16.4. The highest BCUT2D eigenvalue weighted by atomic mass is 16.7. The minimum atomic E-state index is -0.206. The fraction of sp³-hybridized carbons (Fsp3) is 0.222. The normalized spacial score (nSPS) is 12.4. The van der Waals surface area contributed by atoms with E-state index in [1.165, 1.54) is 0 Å². The Balaban J connectivity index is 1.34. The van der Waals surface area contributed by atoms with Crippen molar-refractivity contribution in [3.05, 3.63) is 54.0 Å². The van der Waals surface area contributed by atoms with Crippen LogP contribution in [0.3, 0.4) is 0 Å². The molecule has 1 aliphatic rings. The summed E-state index contributed by atoms with van der Waals surface area (Å²) in [5.74, 6) is 1.79. The molecule has 1 aliphatic heterocycles. The molecule has 1 N–H and O–H groups in total. The lowest BCUT2D eigenvalue weighted by Crippen LogP contribution is -2.28. The van der Waals surface area contributed by atoms with E-state index in [1.807, 2.05) is 48.0 Å². The molecule has 0 saturated carbocycles. The van der Waals surface area contributed by atoms with Crippen LogP contribution in [-0.2, 0) is 11.3 Å². The molecule has 1 aromatic carbocycles. The van der Waals surface area contributed by atoms with E-state index in [2.05, 4.69) is 10.3 Å². The molecule has 128 valence electrons. The minimum absolute atomic E-state index is 0.0733. The number of hydrogen-bond donors (Lipinski definition) is 1. The highest BCUT2D eigenvalue weighted by Gasteiger charge is 2.13. The average Bonchev–Trinajstić information content (AvgIpc) is 3.22. The fourth-order valence-corrected chi connectivity index (χ4v) is 2.67. The van der Waals surface area contributed by atoms with Gasteiger partial charge < -0.3 is 23.9 Å². The molecule has 0 spiro atoms. The van der Waals surface area contributed by atoms with Gasteiger partial charge in [0, 0.05) is 18.9 Å². The molecule has 7 nitrogen and oxygen atoms in total. The van der Waals surface area contributed by atoms with Crippen molar-refractivity contribution >= 4 is 11.6 Å². The second-order valence-electron chi connectivity index (χ2n) is 5.74. The molecule has 0 saturated heterocycles. The summed E-state index contributed by atoms with van der Waals surface area (Å²) in [6.45, 7) is 2.47. The van der Waals surface area contributed by atoms with E-state index in [0.29, 0.717) is 23.7 Å². The molecule has 25 heavy (non-hydrogen) atoms. The largest absolute Gasteiger partial charge is 0.480 e. The summed E-state index contributed by atoms with van der Waals surface area (Å²) >= 11 is 0. The van der Waals surface area contributed by atoms with Crippen LogP contribution in [0.1, 0.15) is 11.3 Å². The number of fused-ring (bicyclic) bond motifs is 2. The Bertz CT molecular complexity index is 935. The predicted octanol–water partition coefficient (Wildman–Crippen LogP) is 2.07. The van der Waals surface area contributed by atoms with Crippen LogP contribution in [-0.4, -0.2) is 28.7 Å². The van der Waals surface area contributed by atoms with Gasteiger partial charge in [-0.1, -0.05) is 6.07 Å². The quantitative estimate of drug-likeness (QED) is 0.770. The number of pyridine rings is 1. The molecule has 3 aromatic rings. The first-order valence-electron chi connectivity index (χ1n) is 7.91. The summed E-state index contributed by atoms with van der Waals surface area (Å²) in [6, 6.07) is 9.24. The first-order valence-corrected chi connectivity index (χ1v) is 7.91. The third kappa shape index (κ3) is 3.21. The molecule has 0 bridgehead atoms. The molecule has 1 amide bonds. The van der Waals surface area contributed by atoms with Gasteiger partial charge in [-0.3, -0.25) is 4.79 Å². The average molecular weight is 339 g/mol. The molecular weight excluding hydrogens is 322 g/mol. The lowest BCUT2D eigenvalue weighted by Gasteiger charge is -2.09. The zero-order valence-corrected chi connectivity index (χ0v) is 13.7. The fourth-order valence-electron chi connectivity index (χ4n) is 2.67. The Hall–Kier alpha value is -3.22. The maximum Gasteiger partial charge on any atom is 0.258 e. The first kappa shape index (κ1) is 15.3. The van der Waals surface area contributed by atoms with Crippen molar-refractivity contribution in [3.63, 3.8) is 0 Å². The third-order valence-corrected chi connectivity index (χ3v) is 3.85. The standard InChI is InChI=1S/C18H17N3O4/c1-12-9-21-6-2-3-15(18(21)20-12)23-10-17(22)19-8-13-4-5-14-16(7-13)25-11-24-14/h2-7,9H,8,10-11H2,1H3,(H,19,22). The number of benzene rings is 1. The summed E-state index contributed by atoms with van der Waals surface area (Å²) < 4.78 is 18.1. The molecule has 0 fully saturated rings. The number of ether oxygens (including phenoxy) is 3. The van der Waals surface area contributed by atoms with E-state index in [9.17, 15) is 4.79 Å². The number of aryl methyl sites for hydroxylation is 1. The van der Waals surface area contributed by atoms with Gasteiger partial charge in [0.25, 0.3) is 5.91 Å². The number of carbonyl (C=O) groups is 1. The Morgan fingerprint density at radius 1 is 1.32 bits per heavy atom. The van der Waals surface area contributed by atoms with Gasteiger partial charge in [0.15, 0.2) is 29.5 Å². The van der Waals surface area contributed by atoms with Crippen molar-refractivity contribution < 1.29 is 19.0 Å². The topological polar surface area (TPSA) is 74.1 Å². The zero-order chi connectivity index (χ0) is 17.2. The third-order valence-electron chi connectivity index (χ3n) is 3.85. The van der Waals surface area contributed by atoms with Crippen molar-refractivity contribution in [3.8, 4) is 17.2 Å². The van der Waals surface area contributed by atoms with E-state index < -0.39 is 0 Å². The maximum atomic E-state index is 12.0. The summed E-state index contributed by atoms with van der Waals surface area (Å²) in [5.41, 5.74) is 2.52. The number of imidazole rings is 1. The lowest BCUT2D eigenvalue weighted by atomic mass is 10.2. The SMILES string of the molecule is Cc1cn2cccc(OCC(=O)NCc3ccc4c(c3)OCO4)c2n1. The van der Waals surface area contributed by atoms with Gasteiger partial charge in [-0.15, -0.1) is 0 Å². The van der Waals surface area contributed by atoms with Crippen molar-refractivity contribution in [2.75, 3.05) is 13.4 Å². The Labute approximate surface area is 144 Å². The Morgan fingerprint density at radius 3 is 3.12 bits per heavy atom. The van der Waals surface area contributed by atoms with Crippen LogP contribution in [0.25, 0.3) is 5.65 Å². The number of nitrogens with zero attached hydrogens (tertiary/aromatic N) is 2. The second-order valence-corrected chi connectivity index (χ2v) is 5.74. The number of amides is 1. The number of nitrogens with one attached hydrogen (secondary N) is 1. The van der Waals surface area contributed by atoms with Crippen LogP contribution in [0, 0.1) is 6.92 Å². The Morgan fingerprint density at radius 2 is 2.20 bits per heavy atom. The second kappa shape index (κ2) is 6.35. The summed E-state index contributed by atoms with van der Waals surface area (Å²) in [5, 5.41) is 2.83. The van der Waals surface area contributed by atoms with Gasteiger partial charge in [-0.2, -0.15) is 0 Å².